The summed E-state index contributed by atoms with van der Waals surface area (Å²) in [5.41, 5.74) is 5.87. The predicted octanol–water partition coefficient (Wildman–Crippen LogP) is 5.50. The minimum Gasteiger partial charge on any atom is -0.366 e. The average molecular weight is 526 g/mol. The average Bonchev–Trinajstić information content (AvgIpc) is 3.48. The number of rotatable bonds is 8. The number of aromatic nitrogens is 1. The summed E-state index contributed by atoms with van der Waals surface area (Å²) in [6, 6.07) is 12.5. The lowest BCUT2D eigenvalue weighted by molar-refractivity contribution is -0.110. The lowest BCUT2D eigenvalue weighted by Crippen LogP contribution is -2.24. The minimum absolute atomic E-state index is 0.0427. The third-order valence-corrected chi connectivity index (χ3v) is 6.39. The molecule has 3 aromatic rings. The Bertz CT molecular complexity index is 1590. The van der Waals surface area contributed by atoms with Gasteiger partial charge in [-0.05, 0) is 60.0 Å². The molecular weight excluding hydrogens is 500 g/mol. The summed E-state index contributed by atoms with van der Waals surface area (Å²) in [4.78, 5) is 33.8. The van der Waals surface area contributed by atoms with E-state index in [0.29, 0.717) is 29.1 Å². The van der Waals surface area contributed by atoms with Crippen molar-refractivity contribution in [1.29, 1.82) is 0 Å². The van der Waals surface area contributed by atoms with Crippen LogP contribution in [0.2, 0.25) is 0 Å². The molecule has 0 atom stereocenters. The van der Waals surface area contributed by atoms with Gasteiger partial charge >= 0.3 is 0 Å². The van der Waals surface area contributed by atoms with Gasteiger partial charge in [-0.25, -0.2) is 13.8 Å². The Hall–Kier alpha value is -4.92. The van der Waals surface area contributed by atoms with Crippen LogP contribution >= 0.6 is 0 Å². The van der Waals surface area contributed by atoms with Gasteiger partial charge in [0.05, 0.1) is 5.56 Å². The van der Waals surface area contributed by atoms with Gasteiger partial charge in [0, 0.05) is 54.4 Å². The van der Waals surface area contributed by atoms with Crippen molar-refractivity contribution in [2.24, 2.45) is 4.99 Å². The Morgan fingerprint density at radius 3 is 2.79 bits per heavy atom. The van der Waals surface area contributed by atoms with Crippen LogP contribution in [0.3, 0.4) is 0 Å². The van der Waals surface area contributed by atoms with Crippen LogP contribution in [0.1, 0.15) is 40.4 Å². The second-order valence-corrected chi connectivity index (χ2v) is 9.06. The van der Waals surface area contributed by atoms with Crippen LogP contribution in [-0.4, -0.2) is 29.6 Å². The Morgan fingerprint density at radius 1 is 1.13 bits per heavy atom. The number of halogens is 2. The number of hydrogen-bond donors (Lipinski definition) is 3. The van der Waals surface area contributed by atoms with Crippen LogP contribution < -0.4 is 16.0 Å². The fourth-order valence-electron chi connectivity index (χ4n) is 4.32. The van der Waals surface area contributed by atoms with E-state index in [0.717, 1.165) is 46.6 Å². The van der Waals surface area contributed by atoms with Crippen LogP contribution in [0.15, 0.2) is 83.1 Å². The Labute approximate surface area is 224 Å². The smallest absolute Gasteiger partial charge is 0.256 e. The van der Waals surface area contributed by atoms with E-state index in [1.807, 2.05) is 49.6 Å². The molecule has 2 aromatic carbocycles. The van der Waals surface area contributed by atoms with E-state index < -0.39 is 17.5 Å². The van der Waals surface area contributed by atoms with Gasteiger partial charge in [0.1, 0.15) is 5.82 Å². The topological polar surface area (TPSA) is 95.5 Å². The molecule has 196 valence electrons. The lowest BCUT2D eigenvalue weighted by Gasteiger charge is -2.10. The number of pyridine rings is 1. The van der Waals surface area contributed by atoms with Gasteiger partial charge in [-0.15, -0.1) is 0 Å². The van der Waals surface area contributed by atoms with Crippen LogP contribution in [0.5, 0.6) is 0 Å². The van der Waals surface area contributed by atoms with Crippen LogP contribution in [0.25, 0.3) is 11.6 Å². The maximum Gasteiger partial charge on any atom is 0.256 e. The largest absolute Gasteiger partial charge is 0.366 e. The maximum absolute atomic E-state index is 13.4. The third kappa shape index (κ3) is 5.82. The normalized spacial score (nSPS) is 15.3. The molecule has 0 radical (unpaired) electrons. The zero-order valence-electron chi connectivity index (χ0n) is 21.1. The van der Waals surface area contributed by atoms with Crippen molar-refractivity contribution in [2.45, 2.75) is 19.9 Å². The number of fused-ring (bicyclic) bond motifs is 1. The highest BCUT2D eigenvalue weighted by Crippen LogP contribution is 2.34. The van der Waals surface area contributed by atoms with Gasteiger partial charge < -0.3 is 16.0 Å². The molecule has 2 aliphatic rings. The first kappa shape index (κ1) is 25.7. The molecule has 2 aliphatic heterocycles. The molecule has 0 saturated carbocycles. The number of carbonyl (C=O) groups excluding carboxylic acids is 2. The third-order valence-electron chi connectivity index (χ3n) is 6.39. The second-order valence-electron chi connectivity index (χ2n) is 9.06. The SMILES string of the molecule is CC1=C(/C=C2\C(=O)Nc3cc(/C=C/CNc4ncccc4C(=O)NCc4ccc(F)c(F)c4)ccc32)CC=N1. The highest BCUT2D eigenvalue weighted by molar-refractivity contribution is 6.32. The van der Waals surface area contributed by atoms with E-state index in [2.05, 4.69) is 25.9 Å². The van der Waals surface area contributed by atoms with Crippen molar-refractivity contribution in [3.05, 3.63) is 112 Å². The number of benzene rings is 2. The van der Waals surface area contributed by atoms with Crippen molar-refractivity contribution in [3.8, 4) is 0 Å². The summed E-state index contributed by atoms with van der Waals surface area (Å²) in [7, 11) is 0. The highest BCUT2D eigenvalue weighted by Gasteiger charge is 2.25. The van der Waals surface area contributed by atoms with Gasteiger partial charge in [-0.2, -0.15) is 0 Å². The van der Waals surface area contributed by atoms with Gasteiger partial charge in [-0.1, -0.05) is 30.4 Å². The molecule has 3 heterocycles. The molecule has 2 amide bonds. The number of anilines is 2. The van der Waals surface area contributed by atoms with Gasteiger partial charge in [0.2, 0.25) is 0 Å². The Morgan fingerprint density at radius 2 is 2.00 bits per heavy atom. The van der Waals surface area contributed by atoms with E-state index >= 15 is 0 Å². The standard InChI is InChI=1S/C30H25F2N5O2/c1-18-21(10-13-33-18)16-24-22-8-6-19(15-27(22)37-30(24)39)4-2-11-34-28-23(5-3-12-35-28)29(38)36-17-20-7-9-25(31)26(32)14-20/h2-9,12-16H,10-11,17H2,1H3,(H,34,35)(H,36,38)(H,37,39)/b4-2+,24-16-. The molecule has 7 nitrogen and oxygen atoms in total. The molecule has 0 aliphatic carbocycles. The van der Waals surface area contributed by atoms with E-state index in [-0.39, 0.29) is 12.5 Å². The molecular formula is C30H25F2N5O2. The van der Waals surface area contributed by atoms with Crippen molar-refractivity contribution in [1.82, 2.24) is 10.3 Å². The highest BCUT2D eigenvalue weighted by atomic mass is 19.2. The maximum atomic E-state index is 13.4. The van der Waals surface area contributed by atoms with Crippen LogP contribution in [0.4, 0.5) is 20.3 Å². The molecule has 1 aromatic heterocycles. The molecule has 5 rings (SSSR count). The number of amides is 2. The van der Waals surface area contributed by atoms with E-state index in [1.54, 1.807) is 18.3 Å². The Kier molecular flexibility index (Phi) is 7.40. The fourth-order valence-corrected chi connectivity index (χ4v) is 4.32. The first-order chi connectivity index (χ1) is 18.9. The van der Waals surface area contributed by atoms with Gasteiger partial charge in [0.15, 0.2) is 11.6 Å². The summed E-state index contributed by atoms with van der Waals surface area (Å²) in [5.74, 6) is -2.04. The number of nitrogens with zero attached hydrogens (tertiary/aromatic N) is 2. The van der Waals surface area contributed by atoms with Crippen molar-refractivity contribution >= 4 is 41.2 Å². The molecule has 3 N–H and O–H groups in total. The lowest BCUT2D eigenvalue weighted by atomic mass is 10.0. The Balaban J connectivity index is 1.20. The summed E-state index contributed by atoms with van der Waals surface area (Å²) in [5, 5.41) is 8.75. The number of carbonyl (C=O) groups is 2. The second kappa shape index (κ2) is 11.2. The summed E-state index contributed by atoms with van der Waals surface area (Å²) >= 11 is 0. The van der Waals surface area contributed by atoms with Crippen molar-refractivity contribution in [3.63, 3.8) is 0 Å². The predicted molar refractivity (Wildman–Crippen MR) is 148 cm³/mol. The molecule has 0 bridgehead atoms. The number of aliphatic imine (C=N–C) groups is 1. The number of nitrogens with one attached hydrogen (secondary N) is 3. The number of allylic oxidation sites excluding steroid dienone is 3. The summed E-state index contributed by atoms with van der Waals surface area (Å²) in [6.07, 6.45) is 9.83. The molecule has 0 fully saturated rings. The molecule has 39 heavy (non-hydrogen) atoms. The fraction of sp³-hybridized carbons (Fsp3) is 0.133. The monoisotopic (exact) mass is 525 g/mol. The molecule has 0 saturated heterocycles. The number of hydrogen-bond acceptors (Lipinski definition) is 5. The molecule has 0 spiro atoms. The minimum atomic E-state index is -0.966. The first-order valence-electron chi connectivity index (χ1n) is 12.4. The van der Waals surface area contributed by atoms with Crippen LogP contribution in [-0.2, 0) is 11.3 Å². The summed E-state index contributed by atoms with van der Waals surface area (Å²) in [6.45, 7) is 2.37. The zero-order valence-corrected chi connectivity index (χ0v) is 21.1. The first-order valence-corrected chi connectivity index (χ1v) is 12.4. The van der Waals surface area contributed by atoms with Gasteiger partial charge in [-0.3, -0.25) is 14.6 Å². The quantitative estimate of drug-likeness (QED) is 0.339. The van der Waals surface area contributed by atoms with E-state index in [9.17, 15) is 18.4 Å². The molecule has 0 unspecified atom stereocenters. The zero-order chi connectivity index (χ0) is 27.4. The molecule has 9 heteroatoms. The van der Waals surface area contributed by atoms with Gasteiger partial charge in [0.25, 0.3) is 11.8 Å². The summed E-state index contributed by atoms with van der Waals surface area (Å²) < 4.78 is 26.6. The van der Waals surface area contributed by atoms with E-state index in [4.69, 9.17) is 0 Å². The van der Waals surface area contributed by atoms with Crippen molar-refractivity contribution < 1.29 is 18.4 Å². The van der Waals surface area contributed by atoms with Crippen LogP contribution in [0, 0.1) is 11.6 Å². The van der Waals surface area contributed by atoms with E-state index in [1.165, 1.54) is 6.07 Å². The van der Waals surface area contributed by atoms with Crippen molar-refractivity contribution in [2.75, 3.05) is 17.2 Å².